The quantitative estimate of drug-likeness (QED) is 0.801. The Morgan fingerprint density at radius 2 is 2.35 bits per heavy atom. The minimum Gasteiger partial charge on any atom is -0.340 e. The second-order valence-corrected chi connectivity index (χ2v) is 4.66. The molecule has 1 aliphatic heterocycles. The summed E-state index contributed by atoms with van der Waals surface area (Å²) in [7, 11) is 0. The molecule has 0 unspecified atom stereocenters. The molecule has 2 heterocycles. The Kier molecular flexibility index (Phi) is 4.18. The standard InChI is InChI=1S/C13H21N3O/c1-2-12-6-3-4-10-16(12)13(17)7-11-15-9-5-8-14-15/h5,8-9,12H,2-4,6-7,10-11H2,1H3/t12-/m1/s1. The van der Waals surface area contributed by atoms with Crippen LogP contribution in [0.3, 0.4) is 0 Å². The van der Waals surface area contributed by atoms with Crippen LogP contribution in [0.1, 0.15) is 39.0 Å². The number of hydrogen-bond acceptors (Lipinski definition) is 2. The lowest BCUT2D eigenvalue weighted by atomic mass is 9.99. The summed E-state index contributed by atoms with van der Waals surface area (Å²) in [5.41, 5.74) is 0. The SMILES string of the molecule is CC[C@@H]1CCCCN1C(=O)CCn1cccn1. The Morgan fingerprint density at radius 1 is 1.47 bits per heavy atom. The second kappa shape index (κ2) is 5.84. The van der Waals surface area contributed by atoms with Gasteiger partial charge in [0.15, 0.2) is 0 Å². The van der Waals surface area contributed by atoms with E-state index in [1.54, 1.807) is 6.20 Å². The second-order valence-electron chi connectivity index (χ2n) is 4.66. The lowest BCUT2D eigenvalue weighted by Crippen LogP contribution is -2.43. The van der Waals surface area contributed by atoms with Crippen molar-refractivity contribution in [3.05, 3.63) is 18.5 Å². The van der Waals surface area contributed by atoms with E-state index in [0.717, 1.165) is 19.4 Å². The van der Waals surface area contributed by atoms with Crippen LogP contribution >= 0.6 is 0 Å². The van der Waals surface area contributed by atoms with Crippen LogP contribution in [0.4, 0.5) is 0 Å². The first-order valence-corrected chi connectivity index (χ1v) is 6.58. The zero-order chi connectivity index (χ0) is 12.1. The lowest BCUT2D eigenvalue weighted by Gasteiger charge is -2.35. The smallest absolute Gasteiger partial charge is 0.224 e. The molecule has 1 amide bonds. The zero-order valence-electron chi connectivity index (χ0n) is 10.5. The highest BCUT2D eigenvalue weighted by Crippen LogP contribution is 2.20. The molecule has 1 aromatic heterocycles. The van der Waals surface area contributed by atoms with Crippen molar-refractivity contribution in [2.75, 3.05) is 6.54 Å². The van der Waals surface area contributed by atoms with E-state index in [0.29, 0.717) is 19.0 Å². The molecule has 17 heavy (non-hydrogen) atoms. The van der Waals surface area contributed by atoms with Crippen molar-refractivity contribution in [3.63, 3.8) is 0 Å². The van der Waals surface area contributed by atoms with Crippen LogP contribution in [0.25, 0.3) is 0 Å². The normalized spacial score (nSPS) is 20.5. The maximum absolute atomic E-state index is 12.1. The van der Waals surface area contributed by atoms with Gasteiger partial charge < -0.3 is 4.90 Å². The summed E-state index contributed by atoms with van der Waals surface area (Å²) in [5, 5.41) is 4.12. The number of piperidine rings is 1. The van der Waals surface area contributed by atoms with E-state index < -0.39 is 0 Å². The van der Waals surface area contributed by atoms with Gasteiger partial charge >= 0.3 is 0 Å². The summed E-state index contributed by atoms with van der Waals surface area (Å²) in [4.78, 5) is 14.2. The molecule has 0 aromatic carbocycles. The molecule has 0 saturated carbocycles. The summed E-state index contributed by atoms with van der Waals surface area (Å²) in [6, 6.07) is 2.36. The van der Waals surface area contributed by atoms with Crippen LogP contribution in [0.15, 0.2) is 18.5 Å². The largest absolute Gasteiger partial charge is 0.340 e. The summed E-state index contributed by atoms with van der Waals surface area (Å²) in [6.07, 6.45) is 8.89. The van der Waals surface area contributed by atoms with E-state index in [9.17, 15) is 4.79 Å². The van der Waals surface area contributed by atoms with Gasteiger partial charge in [-0.25, -0.2) is 0 Å². The summed E-state index contributed by atoms with van der Waals surface area (Å²) in [6.45, 7) is 3.80. The van der Waals surface area contributed by atoms with Gasteiger partial charge in [0.1, 0.15) is 0 Å². The Bertz CT molecular complexity index is 348. The van der Waals surface area contributed by atoms with E-state index in [-0.39, 0.29) is 5.91 Å². The molecule has 4 heteroatoms. The van der Waals surface area contributed by atoms with Gasteiger partial charge in [-0.2, -0.15) is 5.10 Å². The molecule has 1 aliphatic rings. The molecule has 1 saturated heterocycles. The van der Waals surface area contributed by atoms with Crippen molar-refractivity contribution in [2.45, 2.75) is 51.6 Å². The number of nitrogens with zero attached hydrogens (tertiary/aromatic N) is 3. The van der Waals surface area contributed by atoms with Gasteiger partial charge in [-0.15, -0.1) is 0 Å². The van der Waals surface area contributed by atoms with Gasteiger partial charge in [0, 0.05) is 37.9 Å². The van der Waals surface area contributed by atoms with Crippen LogP contribution in [-0.2, 0) is 11.3 Å². The molecule has 4 nitrogen and oxygen atoms in total. The molecular weight excluding hydrogens is 214 g/mol. The van der Waals surface area contributed by atoms with Gasteiger partial charge in [0.25, 0.3) is 0 Å². The molecular formula is C13H21N3O. The highest BCUT2D eigenvalue weighted by molar-refractivity contribution is 5.76. The van der Waals surface area contributed by atoms with Gasteiger partial charge in [-0.3, -0.25) is 9.48 Å². The Hall–Kier alpha value is -1.32. The highest BCUT2D eigenvalue weighted by Gasteiger charge is 2.24. The van der Waals surface area contributed by atoms with Crippen LogP contribution in [0, 0.1) is 0 Å². The van der Waals surface area contributed by atoms with Gasteiger partial charge in [0.2, 0.25) is 5.91 Å². The van der Waals surface area contributed by atoms with Crippen LogP contribution < -0.4 is 0 Å². The van der Waals surface area contributed by atoms with Gasteiger partial charge in [-0.1, -0.05) is 6.92 Å². The van der Waals surface area contributed by atoms with Crippen LogP contribution in [-0.4, -0.2) is 33.2 Å². The van der Waals surface area contributed by atoms with E-state index in [1.165, 1.54) is 12.8 Å². The first-order valence-electron chi connectivity index (χ1n) is 6.58. The first kappa shape index (κ1) is 12.1. The third-order valence-electron chi connectivity index (χ3n) is 3.53. The number of aryl methyl sites for hydroxylation is 1. The van der Waals surface area contributed by atoms with E-state index >= 15 is 0 Å². The number of carbonyl (C=O) groups excluding carboxylic acids is 1. The topological polar surface area (TPSA) is 38.1 Å². The van der Waals surface area contributed by atoms with Crippen molar-refractivity contribution < 1.29 is 4.79 Å². The maximum atomic E-state index is 12.1. The van der Waals surface area contributed by atoms with Crippen molar-refractivity contribution in [2.24, 2.45) is 0 Å². The van der Waals surface area contributed by atoms with Crippen molar-refractivity contribution in [1.29, 1.82) is 0 Å². The third-order valence-corrected chi connectivity index (χ3v) is 3.53. The van der Waals surface area contributed by atoms with E-state index in [4.69, 9.17) is 0 Å². The number of hydrogen-bond donors (Lipinski definition) is 0. The average Bonchev–Trinajstić information content (AvgIpc) is 2.89. The molecule has 0 aliphatic carbocycles. The molecule has 0 bridgehead atoms. The number of rotatable bonds is 4. The fourth-order valence-electron chi connectivity index (χ4n) is 2.54. The molecule has 0 N–H and O–H groups in total. The molecule has 2 rings (SSSR count). The minimum absolute atomic E-state index is 0.284. The van der Waals surface area contributed by atoms with E-state index in [2.05, 4.69) is 16.9 Å². The maximum Gasteiger partial charge on any atom is 0.224 e. The van der Waals surface area contributed by atoms with Crippen molar-refractivity contribution in [1.82, 2.24) is 14.7 Å². The molecule has 0 spiro atoms. The fraction of sp³-hybridized carbons (Fsp3) is 0.692. The highest BCUT2D eigenvalue weighted by atomic mass is 16.2. The van der Waals surface area contributed by atoms with Crippen LogP contribution in [0.5, 0.6) is 0 Å². The van der Waals surface area contributed by atoms with Crippen LogP contribution in [0.2, 0.25) is 0 Å². The lowest BCUT2D eigenvalue weighted by molar-refractivity contribution is -0.135. The minimum atomic E-state index is 0.284. The predicted molar refractivity (Wildman–Crippen MR) is 66.5 cm³/mol. The zero-order valence-corrected chi connectivity index (χ0v) is 10.5. The number of carbonyl (C=O) groups is 1. The molecule has 0 radical (unpaired) electrons. The Morgan fingerprint density at radius 3 is 3.06 bits per heavy atom. The molecule has 1 fully saturated rings. The number of likely N-dealkylation sites (tertiary alicyclic amines) is 1. The summed E-state index contributed by atoms with van der Waals surface area (Å²) < 4.78 is 1.82. The molecule has 1 aromatic rings. The monoisotopic (exact) mass is 235 g/mol. The molecule has 1 atom stereocenters. The van der Waals surface area contributed by atoms with Crippen molar-refractivity contribution >= 4 is 5.91 Å². The Balaban J connectivity index is 1.85. The summed E-state index contributed by atoms with van der Waals surface area (Å²) >= 11 is 0. The first-order chi connectivity index (χ1) is 8.31. The van der Waals surface area contributed by atoms with E-state index in [1.807, 2.05) is 16.9 Å². The van der Waals surface area contributed by atoms with Gasteiger partial charge in [-0.05, 0) is 31.7 Å². The fourth-order valence-corrected chi connectivity index (χ4v) is 2.54. The number of amides is 1. The van der Waals surface area contributed by atoms with Crippen molar-refractivity contribution in [3.8, 4) is 0 Å². The Labute approximate surface area is 103 Å². The molecule has 94 valence electrons. The van der Waals surface area contributed by atoms with Gasteiger partial charge in [0.05, 0.1) is 0 Å². The number of aromatic nitrogens is 2. The average molecular weight is 235 g/mol. The third kappa shape index (κ3) is 3.08. The predicted octanol–water partition coefficient (Wildman–Crippen LogP) is 2.06. The summed E-state index contributed by atoms with van der Waals surface area (Å²) in [5.74, 6) is 0.284.